The minimum atomic E-state index is -0.476. The number of rotatable bonds is 4. The number of carbonyl (C=O) groups excluding carboxylic acids is 1. The van der Waals surface area contributed by atoms with E-state index in [1.54, 1.807) is 23.5 Å². The number of nitrogens with zero attached hydrogens (tertiary/aromatic N) is 2. The molecular weight excluding hydrogens is 288 g/mol. The number of carbonyl (C=O) groups is 1. The van der Waals surface area contributed by atoms with Gasteiger partial charge < -0.3 is 0 Å². The van der Waals surface area contributed by atoms with Gasteiger partial charge >= 0.3 is 0 Å². The fourth-order valence-electron chi connectivity index (χ4n) is 2.65. The lowest BCUT2D eigenvalue weighted by Crippen LogP contribution is -2.40. The minimum absolute atomic E-state index is 0.0433. The first-order chi connectivity index (χ1) is 10.1. The van der Waals surface area contributed by atoms with Crippen molar-refractivity contribution in [1.82, 2.24) is 0 Å². The highest BCUT2D eigenvalue weighted by Gasteiger charge is 2.25. The predicted molar refractivity (Wildman–Crippen MR) is 78.6 cm³/mol. The third-order valence-corrected chi connectivity index (χ3v) is 4.84. The maximum absolute atomic E-state index is 12.3. The number of ketones is 1. The standard InChI is InChI=1S/C15H15N2O3S/c18-14(11-4-3-5-12(8-11)17(19)20)9-16-10-21-15-7-2-1-6-13(15)16/h3-5,8,10H,1-2,6-7,9H2/q+1. The maximum Gasteiger partial charge on any atom is 0.270 e. The Morgan fingerprint density at radius 3 is 2.95 bits per heavy atom. The molecule has 1 aliphatic carbocycles. The Labute approximate surface area is 126 Å². The molecule has 0 aliphatic heterocycles. The smallest absolute Gasteiger partial charge is 0.270 e. The van der Waals surface area contributed by atoms with E-state index in [0.29, 0.717) is 5.56 Å². The highest BCUT2D eigenvalue weighted by molar-refractivity contribution is 7.09. The highest BCUT2D eigenvalue weighted by atomic mass is 32.1. The van der Waals surface area contributed by atoms with Crippen molar-refractivity contribution in [1.29, 1.82) is 0 Å². The Morgan fingerprint density at radius 1 is 1.33 bits per heavy atom. The van der Waals surface area contributed by atoms with Gasteiger partial charge in [0.2, 0.25) is 17.8 Å². The Bertz CT molecular complexity index is 709. The van der Waals surface area contributed by atoms with E-state index < -0.39 is 4.92 Å². The molecule has 1 aliphatic rings. The lowest BCUT2D eigenvalue weighted by atomic mass is 10.0. The molecule has 0 saturated heterocycles. The quantitative estimate of drug-likeness (QED) is 0.377. The van der Waals surface area contributed by atoms with Crippen LogP contribution in [-0.4, -0.2) is 10.7 Å². The molecule has 21 heavy (non-hydrogen) atoms. The number of aromatic nitrogens is 1. The zero-order valence-electron chi connectivity index (χ0n) is 11.4. The number of aryl methyl sites for hydroxylation is 1. The van der Waals surface area contributed by atoms with E-state index in [0.717, 1.165) is 19.3 Å². The van der Waals surface area contributed by atoms with Crippen molar-refractivity contribution in [2.24, 2.45) is 0 Å². The van der Waals surface area contributed by atoms with E-state index in [-0.39, 0.29) is 18.0 Å². The number of nitro benzene ring substituents is 1. The number of nitro groups is 1. The van der Waals surface area contributed by atoms with Gasteiger partial charge in [0.25, 0.3) is 5.69 Å². The molecule has 0 bridgehead atoms. The number of non-ortho nitro benzene ring substituents is 1. The SMILES string of the molecule is O=C(C[n+]1csc2c1CCCC2)c1cccc([N+](=O)[O-])c1. The molecule has 0 N–H and O–H groups in total. The van der Waals surface area contributed by atoms with Crippen molar-refractivity contribution in [3.63, 3.8) is 0 Å². The van der Waals surface area contributed by atoms with E-state index >= 15 is 0 Å². The van der Waals surface area contributed by atoms with Crippen LogP contribution in [-0.2, 0) is 19.4 Å². The fraction of sp³-hybridized carbons (Fsp3) is 0.333. The molecule has 6 heteroatoms. The lowest BCUT2D eigenvalue weighted by Gasteiger charge is -2.07. The first-order valence-corrected chi connectivity index (χ1v) is 7.79. The average Bonchev–Trinajstić information content (AvgIpc) is 2.91. The first-order valence-electron chi connectivity index (χ1n) is 6.91. The summed E-state index contributed by atoms with van der Waals surface area (Å²) in [5.74, 6) is -0.0881. The molecule has 1 heterocycles. The Kier molecular flexibility index (Phi) is 3.79. The van der Waals surface area contributed by atoms with Gasteiger partial charge in [0.05, 0.1) is 9.80 Å². The predicted octanol–water partition coefficient (Wildman–Crippen LogP) is 2.71. The zero-order chi connectivity index (χ0) is 14.8. The monoisotopic (exact) mass is 303 g/mol. The van der Waals surface area contributed by atoms with Gasteiger partial charge in [-0.3, -0.25) is 14.9 Å². The second-order valence-electron chi connectivity index (χ2n) is 5.16. The third-order valence-electron chi connectivity index (χ3n) is 3.75. The molecule has 1 aromatic carbocycles. The molecular formula is C15H15N2O3S+. The summed E-state index contributed by atoms with van der Waals surface area (Å²) in [5.41, 5.74) is 3.60. The third kappa shape index (κ3) is 2.85. The summed E-state index contributed by atoms with van der Waals surface area (Å²) in [7, 11) is 0. The van der Waals surface area contributed by atoms with E-state index in [2.05, 4.69) is 0 Å². The molecule has 0 amide bonds. The van der Waals surface area contributed by atoms with Crippen LogP contribution in [0.25, 0.3) is 0 Å². The van der Waals surface area contributed by atoms with Crippen LogP contribution in [0.3, 0.4) is 0 Å². The van der Waals surface area contributed by atoms with Gasteiger partial charge in [-0.05, 0) is 19.3 Å². The largest absolute Gasteiger partial charge is 0.287 e. The van der Waals surface area contributed by atoms with Crippen LogP contribution in [0.4, 0.5) is 5.69 Å². The van der Waals surface area contributed by atoms with Crippen molar-refractivity contribution in [3.05, 3.63) is 56.0 Å². The van der Waals surface area contributed by atoms with Crippen LogP contribution in [0, 0.1) is 10.1 Å². The van der Waals surface area contributed by atoms with E-state index in [1.165, 1.54) is 29.1 Å². The van der Waals surface area contributed by atoms with Gasteiger partial charge in [-0.1, -0.05) is 23.5 Å². The molecule has 0 saturated carbocycles. The van der Waals surface area contributed by atoms with Gasteiger partial charge in [0.1, 0.15) is 0 Å². The molecule has 3 rings (SSSR count). The van der Waals surface area contributed by atoms with Gasteiger partial charge in [0.15, 0.2) is 5.69 Å². The van der Waals surface area contributed by atoms with Gasteiger partial charge in [-0.15, -0.1) is 0 Å². The number of fused-ring (bicyclic) bond motifs is 1. The lowest BCUT2D eigenvalue weighted by molar-refractivity contribution is -0.686. The number of benzene rings is 1. The number of Topliss-reactive ketones (excluding diaryl/α,β-unsaturated/α-hetero) is 1. The molecule has 2 aromatic rings. The molecule has 108 valence electrons. The highest BCUT2D eigenvalue weighted by Crippen LogP contribution is 2.22. The number of thiazole rings is 1. The summed E-state index contributed by atoms with van der Waals surface area (Å²) >= 11 is 1.70. The summed E-state index contributed by atoms with van der Waals surface area (Å²) in [4.78, 5) is 24.0. The van der Waals surface area contributed by atoms with Crippen LogP contribution >= 0.6 is 11.3 Å². The van der Waals surface area contributed by atoms with E-state index in [1.807, 2.05) is 10.1 Å². The van der Waals surface area contributed by atoms with Crippen molar-refractivity contribution in [2.75, 3.05) is 0 Å². The average molecular weight is 303 g/mol. The molecule has 0 unspecified atom stereocenters. The minimum Gasteiger partial charge on any atom is -0.287 e. The fourth-order valence-corrected chi connectivity index (χ4v) is 3.73. The van der Waals surface area contributed by atoms with Gasteiger partial charge in [-0.25, -0.2) is 0 Å². The molecule has 1 aromatic heterocycles. The van der Waals surface area contributed by atoms with Crippen LogP contribution in [0.5, 0.6) is 0 Å². The summed E-state index contributed by atoms with van der Waals surface area (Å²) in [6.45, 7) is 0.257. The molecule has 0 radical (unpaired) electrons. The molecule has 0 atom stereocenters. The van der Waals surface area contributed by atoms with Crippen LogP contribution in [0.15, 0.2) is 29.8 Å². The first kappa shape index (κ1) is 13.9. The Morgan fingerprint density at radius 2 is 2.14 bits per heavy atom. The summed E-state index contributed by atoms with van der Waals surface area (Å²) < 4.78 is 2.00. The molecule has 5 nitrogen and oxygen atoms in total. The van der Waals surface area contributed by atoms with Crippen LogP contribution in [0.2, 0.25) is 0 Å². The van der Waals surface area contributed by atoms with E-state index in [4.69, 9.17) is 0 Å². The summed E-state index contributed by atoms with van der Waals surface area (Å²) in [5, 5.41) is 10.8. The van der Waals surface area contributed by atoms with Crippen molar-refractivity contribution in [3.8, 4) is 0 Å². The molecule has 0 fully saturated rings. The van der Waals surface area contributed by atoms with Gasteiger partial charge in [-0.2, -0.15) is 4.57 Å². The van der Waals surface area contributed by atoms with Crippen molar-refractivity contribution < 1.29 is 14.3 Å². The van der Waals surface area contributed by atoms with Crippen molar-refractivity contribution in [2.45, 2.75) is 32.2 Å². The number of hydrogen-bond acceptors (Lipinski definition) is 4. The zero-order valence-corrected chi connectivity index (χ0v) is 12.3. The van der Waals surface area contributed by atoms with Gasteiger partial charge in [0, 0.05) is 24.1 Å². The second-order valence-corrected chi connectivity index (χ2v) is 6.10. The normalized spacial score (nSPS) is 13.7. The number of hydrogen-bond donors (Lipinski definition) is 0. The van der Waals surface area contributed by atoms with Crippen molar-refractivity contribution >= 4 is 22.8 Å². The second kappa shape index (κ2) is 5.73. The molecule has 0 spiro atoms. The summed E-state index contributed by atoms with van der Waals surface area (Å²) in [6.07, 6.45) is 4.49. The van der Waals surface area contributed by atoms with Crippen LogP contribution in [0.1, 0.15) is 33.8 Å². The Balaban J connectivity index is 1.82. The topological polar surface area (TPSA) is 64.1 Å². The van der Waals surface area contributed by atoms with E-state index in [9.17, 15) is 14.9 Å². The Hall–Kier alpha value is -2.08. The van der Waals surface area contributed by atoms with Crippen LogP contribution < -0.4 is 4.57 Å². The summed E-state index contributed by atoms with van der Waals surface area (Å²) in [6, 6.07) is 5.94. The maximum atomic E-state index is 12.3.